The van der Waals surface area contributed by atoms with E-state index in [-0.39, 0.29) is 5.92 Å². The summed E-state index contributed by atoms with van der Waals surface area (Å²) in [7, 11) is 6.44. The van der Waals surface area contributed by atoms with Gasteiger partial charge in [-0.15, -0.1) is 0 Å². The van der Waals surface area contributed by atoms with Crippen LogP contribution in [0, 0.1) is 5.92 Å². The summed E-state index contributed by atoms with van der Waals surface area (Å²) in [5.41, 5.74) is 2.97. The molecule has 27 heavy (non-hydrogen) atoms. The number of methoxy groups -OCH3 is 4. The molecule has 3 rings (SSSR count). The zero-order valence-electron chi connectivity index (χ0n) is 16.2. The minimum Gasteiger partial charge on any atom is -0.493 e. The van der Waals surface area contributed by atoms with Crippen molar-refractivity contribution in [3.8, 4) is 23.0 Å². The molecule has 5 nitrogen and oxygen atoms in total. The van der Waals surface area contributed by atoms with E-state index in [0.717, 1.165) is 29.5 Å². The number of ether oxygens (including phenoxy) is 4. The van der Waals surface area contributed by atoms with Crippen molar-refractivity contribution >= 4 is 5.57 Å². The monoisotopic (exact) mass is 370 g/mol. The van der Waals surface area contributed by atoms with E-state index in [1.165, 1.54) is 0 Å². The van der Waals surface area contributed by atoms with Gasteiger partial charge in [-0.2, -0.15) is 0 Å². The van der Waals surface area contributed by atoms with Crippen LogP contribution in [0.3, 0.4) is 0 Å². The number of hydrogen-bond acceptors (Lipinski definition) is 5. The number of aliphatic hydroxyl groups excluding tert-OH is 1. The lowest BCUT2D eigenvalue weighted by Crippen LogP contribution is -2.12. The quantitative estimate of drug-likeness (QED) is 0.790. The minimum absolute atomic E-state index is 0.00111. The number of aliphatic hydroxyl groups is 1. The molecule has 0 spiro atoms. The van der Waals surface area contributed by atoms with Crippen LogP contribution in [0.1, 0.15) is 30.1 Å². The van der Waals surface area contributed by atoms with Crippen LogP contribution in [0.4, 0.5) is 0 Å². The Hall–Kier alpha value is -2.66. The van der Waals surface area contributed by atoms with Gasteiger partial charge >= 0.3 is 0 Å². The first-order chi connectivity index (χ1) is 13.1. The Bertz CT molecular complexity index is 827. The molecule has 2 unspecified atom stereocenters. The van der Waals surface area contributed by atoms with Gasteiger partial charge in [-0.3, -0.25) is 0 Å². The summed E-state index contributed by atoms with van der Waals surface area (Å²) in [6.45, 7) is 0. The van der Waals surface area contributed by atoms with Crippen molar-refractivity contribution in [1.29, 1.82) is 0 Å². The fourth-order valence-electron chi connectivity index (χ4n) is 3.67. The SMILES string of the molecule is COc1ccc(C2=CCCC2C(O)c2ccc(OC)c(OC)c2)cc1OC. The summed E-state index contributed by atoms with van der Waals surface area (Å²) in [6.07, 6.45) is 3.37. The van der Waals surface area contributed by atoms with E-state index in [2.05, 4.69) is 6.08 Å². The van der Waals surface area contributed by atoms with Crippen molar-refractivity contribution in [2.45, 2.75) is 18.9 Å². The Balaban J connectivity index is 1.90. The number of allylic oxidation sites excluding steroid dienone is 1. The van der Waals surface area contributed by atoms with Gasteiger partial charge in [0.05, 0.1) is 34.5 Å². The fourth-order valence-corrected chi connectivity index (χ4v) is 3.67. The van der Waals surface area contributed by atoms with Crippen molar-refractivity contribution in [2.75, 3.05) is 28.4 Å². The normalized spacial score (nSPS) is 17.2. The van der Waals surface area contributed by atoms with Crippen LogP contribution in [0.5, 0.6) is 23.0 Å². The molecule has 0 saturated carbocycles. The first-order valence-electron chi connectivity index (χ1n) is 8.95. The molecule has 2 atom stereocenters. The molecule has 1 N–H and O–H groups in total. The third kappa shape index (κ3) is 3.74. The Morgan fingerprint density at radius 3 is 2.04 bits per heavy atom. The minimum atomic E-state index is -0.633. The number of rotatable bonds is 7. The predicted molar refractivity (Wildman–Crippen MR) is 105 cm³/mol. The van der Waals surface area contributed by atoms with Crippen LogP contribution in [-0.4, -0.2) is 33.5 Å². The van der Waals surface area contributed by atoms with Crippen LogP contribution in [0.2, 0.25) is 0 Å². The molecule has 5 heteroatoms. The maximum atomic E-state index is 11.1. The predicted octanol–water partition coefficient (Wildman–Crippen LogP) is 4.25. The highest BCUT2D eigenvalue weighted by Crippen LogP contribution is 2.44. The van der Waals surface area contributed by atoms with Crippen molar-refractivity contribution in [1.82, 2.24) is 0 Å². The zero-order chi connectivity index (χ0) is 19.4. The van der Waals surface area contributed by atoms with Gasteiger partial charge in [-0.1, -0.05) is 18.2 Å². The van der Waals surface area contributed by atoms with Crippen LogP contribution in [0.15, 0.2) is 42.5 Å². The fraction of sp³-hybridized carbons (Fsp3) is 0.364. The smallest absolute Gasteiger partial charge is 0.161 e. The standard InChI is InChI=1S/C22H26O5/c1-24-18-10-8-14(12-20(18)26-3)16-6-5-7-17(16)22(23)15-9-11-19(25-2)21(13-15)27-4/h6,8-13,17,22-23H,5,7H2,1-4H3. The topological polar surface area (TPSA) is 57.2 Å². The molecule has 144 valence electrons. The summed E-state index contributed by atoms with van der Waals surface area (Å²) < 4.78 is 21.4. The third-order valence-electron chi connectivity index (χ3n) is 5.09. The van der Waals surface area contributed by atoms with E-state index in [1.807, 2.05) is 36.4 Å². The first-order valence-corrected chi connectivity index (χ1v) is 8.95. The van der Waals surface area contributed by atoms with Gasteiger partial charge in [-0.05, 0) is 53.8 Å². The molecular weight excluding hydrogens is 344 g/mol. The summed E-state index contributed by atoms with van der Waals surface area (Å²) >= 11 is 0. The molecule has 0 amide bonds. The largest absolute Gasteiger partial charge is 0.493 e. The molecule has 0 bridgehead atoms. The van der Waals surface area contributed by atoms with Crippen LogP contribution < -0.4 is 18.9 Å². The Labute approximate surface area is 160 Å². The molecule has 0 fully saturated rings. The molecule has 0 radical (unpaired) electrons. The Kier molecular flexibility index (Phi) is 5.91. The second-order valence-corrected chi connectivity index (χ2v) is 6.47. The second kappa shape index (κ2) is 8.35. The van der Waals surface area contributed by atoms with Crippen LogP contribution in [-0.2, 0) is 0 Å². The van der Waals surface area contributed by atoms with E-state index in [9.17, 15) is 5.11 Å². The molecule has 0 aliphatic heterocycles. The van der Waals surface area contributed by atoms with E-state index in [4.69, 9.17) is 18.9 Å². The lowest BCUT2D eigenvalue weighted by atomic mass is 9.86. The van der Waals surface area contributed by atoms with Crippen LogP contribution in [0.25, 0.3) is 5.57 Å². The Morgan fingerprint density at radius 2 is 1.41 bits per heavy atom. The third-order valence-corrected chi connectivity index (χ3v) is 5.09. The molecule has 0 saturated heterocycles. The summed E-state index contributed by atoms with van der Waals surface area (Å²) in [4.78, 5) is 0. The zero-order valence-corrected chi connectivity index (χ0v) is 16.2. The molecule has 0 aromatic heterocycles. The molecule has 1 aliphatic rings. The van der Waals surface area contributed by atoms with E-state index >= 15 is 0 Å². The molecule has 0 heterocycles. The highest BCUT2D eigenvalue weighted by molar-refractivity contribution is 5.72. The lowest BCUT2D eigenvalue weighted by molar-refractivity contribution is 0.134. The van der Waals surface area contributed by atoms with Crippen molar-refractivity contribution < 1.29 is 24.1 Å². The van der Waals surface area contributed by atoms with Gasteiger partial charge in [0.1, 0.15) is 0 Å². The summed E-state index contributed by atoms with van der Waals surface area (Å²) in [5.74, 6) is 2.64. The van der Waals surface area contributed by atoms with Crippen molar-refractivity contribution in [2.24, 2.45) is 5.92 Å². The summed E-state index contributed by atoms with van der Waals surface area (Å²) in [5, 5.41) is 11.1. The van der Waals surface area contributed by atoms with Crippen LogP contribution >= 0.6 is 0 Å². The summed E-state index contributed by atoms with van der Waals surface area (Å²) in [6, 6.07) is 11.4. The average molecular weight is 370 g/mol. The van der Waals surface area contributed by atoms with Gasteiger partial charge in [0, 0.05) is 5.92 Å². The maximum Gasteiger partial charge on any atom is 0.161 e. The number of benzene rings is 2. The molecule has 2 aromatic carbocycles. The Morgan fingerprint density at radius 1 is 0.815 bits per heavy atom. The van der Waals surface area contributed by atoms with Gasteiger partial charge < -0.3 is 24.1 Å². The maximum absolute atomic E-state index is 11.1. The van der Waals surface area contributed by atoms with E-state index in [0.29, 0.717) is 23.0 Å². The van der Waals surface area contributed by atoms with Crippen molar-refractivity contribution in [3.63, 3.8) is 0 Å². The van der Waals surface area contributed by atoms with Gasteiger partial charge in [0.2, 0.25) is 0 Å². The van der Waals surface area contributed by atoms with Gasteiger partial charge in [0.15, 0.2) is 23.0 Å². The van der Waals surface area contributed by atoms with Crippen molar-refractivity contribution in [3.05, 3.63) is 53.6 Å². The molecular formula is C22H26O5. The van der Waals surface area contributed by atoms with E-state index < -0.39 is 6.10 Å². The first kappa shape index (κ1) is 19.1. The highest BCUT2D eigenvalue weighted by atomic mass is 16.5. The molecule has 1 aliphatic carbocycles. The second-order valence-electron chi connectivity index (χ2n) is 6.47. The van der Waals surface area contributed by atoms with Gasteiger partial charge in [-0.25, -0.2) is 0 Å². The average Bonchev–Trinajstić information content (AvgIpc) is 3.21. The lowest BCUT2D eigenvalue weighted by Gasteiger charge is -2.23. The van der Waals surface area contributed by atoms with Gasteiger partial charge in [0.25, 0.3) is 0 Å². The van der Waals surface area contributed by atoms with E-state index in [1.54, 1.807) is 28.4 Å². The highest BCUT2D eigenvalue weighted by Gasteiger charge is 2.29. The molecule has 2 aromatic rings. The number of hydrogen-bond donors (Lipinski definition) is 1.